The van der Waals surface area contributed by atoms with Crippen LogP contribution in [0.25, 0.3) is 0 Å². The molecule has 1 aromatic carbocycles. The number of carbonyl (C=O) groups is 1. The quantitative estimate of drug-likeness (QED) is 0.802. The average molecular weight is 247 g/mol. The van der Waals surface area contributed by atoms with Gasteiger partial charge in [0.05, 0.1) is 0 Å². The summed E-state index contributed by atoms with van der Waals surface area (Å²) in [7, 11) is 0. The van der Waals surface area contributed by atoms with E-state index in [4.69, 9.17) is 0 Å². The number of amides is 1. The molecule has 1 N–H and O–H groups in total. The van der Waals surface area contributed by atoms with Crippen molar-refractivity contribution < 1.29 is 4.79 Å². The maximum atomic E-state index is 11.9. The molecule has 100 valence electrons. The first-order chi connectivity index (χ1) is 8.58. The van der Waals surface area contributed by atoms with Gasteiger partial charge in [-0.3, -0.25) is 4.79 Å². The number of hydrogen-bond acceptors (Lipinski definition) is 1. The van der Waals surface area contributed by atoms with E-state index in [1.165, 1.54) is 11.1 Å². The highest BCUT2D eigenvalue weighted by atomic mass is 16.1. The molecule has 0 heterocycles. The average Bonchev–Trinajstić information content (AvgIpc) is 2.30. The number of benzene rings is 1. The van der Waals surface area contributed by atoms with Crippen LogP contribution in [0, 0.1) is 5.92 Å². The first-order valence-corrected chi connectivity index (χ1v) is 6.99. The predicted octanol–water partition coefficient (Wildman–Crippen LogP) is 4.19. The van der Waals surface area contributed by atoms with E-state index < -0.39 is 0 Å². The summed E-state index contributed by atoms with van der Waals surface area (Å²) in [6.07, 6.45) is 3.73. The minimum atomic E-state index is 0.121. The molecule has 0 unspecified atom stereocenters. The number of aryl methyl sites for hydroxylation is 1. The number of nitrogens with one attached hydrogen (secondary N) is 1. The molecule has 0 fully saturated rings. The van der Waals surface area contributed by atoms with Crippen molar-refractivity contribution in [2.75, 3.05) is 5.32 Å². The Hall–Kier alpha value is -1.31. The topological polar surface area (TPSA) is 29.1 Å². The van der Waals surface area contributed by atoms with Crippen LogP contribution in [0.1, 0.15) is 51.7 Å². The van der Waals surface area contributed by atoms with Crippen molar-refractivity contribution in [1.82, 2.24) is 0 Å². The summed E-state index contributed by atoms with van der Waals surface area (Å²) in [5.74, 6) is 0.518. The third-order valence-corrected chi connectivity index (χ3v) is 3.02. The van der Waals surface area contributed by atoms with Crippen molar-refractivity contribution in [1.29, 1.82) is 0 Å². The molecular weight excluding hydrogens is 222 g/mol. The SMILES string of the molecule is CCCc1c(CC)cccc1NC(=O)CC(C)C. The smallest absolute Gasteiger partial charge is 0.224 e. The Labute approximate surface area is 111 Å². The van der Waals surface area contributed by atoms with Gasteiger partial charge in [-0.25, -0.2) is 0 Å². The fourth-order valence-corrected chi connectivity index (χ4v) is 2.20. The molecule has 2 heteroatoms. The standard InChI is InChI=1S/C16H25NO/c1-5-8-14-13(6-2)9-7-10-15(14)17-16(18)11-12(3)4/h7,9-10,12H,5-6,8,11H2,1-4H3,(H,17,18). The molecule has 0 atom stereocenters. The Morgan fingerprint density at radius 3 is 2.56 bits per heavy atom. The Balaban J connectivity index is 2.90. The molecule has 18 heavy (non-hydrogen) atoms. The highest BCUT2D eigenvalue weighted by molar-refractivity contribution is 5.91. The van der Waals surface area contributed by atoms with E-state index in [1.54, 1.807) is 0 Å². The van der Waals surface area contributed by atoms with Crippen molar-refractivity contribution in [2.24, 2.45) is 5.92 Å². The second-order valence-electron chi connectivity index (χ2n) is 5.19. The van der Waals surface area contributed by atoms with Crippen molar-refractivity contribution >= 4 is 11.6 Å². The van der Waals surface area contributed by atoms with Crippen molar-refractivity contribution in [3.8, 4) is 0 Å². The van der Waals surface area contributed by atoms with Gasteiger partial charge in [-0.15, -0.1) is 0 Å². The molecule has 0 saturated carbocycles. The van der Waals surface area contributed by atoms with Gasteiger partial charge in [-0.05, 0) is 36.0 Å². The molecule has 2 nitrogen and oxygen atoms in total. The summed E-state index contributed by atoms with van der Waals surface area (Å²) in [6.45, 7) is 8.46. The Kier molecular flexibility index (Phi) is 5.90. The van der Waals surface area contributed by atoms with Gasteiger partial charge in [0.25, 0.3) is 0 Å². The monoisotopic (exact) mass is 247 g/mol. The van der Waals surface area contributed by atoms with E-state index in [0.29, 0.717) is 12.3 Å². The molecule has 1 aromatic rings. The summed E-state index contributed by atoms with van der Waals surface area (Å²) >= 11 is 0. The second-order valence-corrected chi connectivity index (χ2v) is 5.19. The Morgan fingerprint density at radius 2 is 2.00 bits per heavy atom. The van der Waals surface area contributed by atoms with E-state index in [-0.39, 0.29) is 5.91 Å². The van der Waals surface area contributed by atoms with Gasteiger partial charge in [0.2, 0.25) is 5.91 Å². The molecule has 0 aliphatic heterocycles. The van der Waals surface area contributed by atoms with E-state index >= 15 is 0 Å². The van der Waals surface area contributed by atoms with Crippen LogP contribution >= 0.6 is 0 Å². The van der Waals surface area contributed by atoms with Crippen LogP contribution in [0.2, 0.25) is 0 Å². The summed E-state index contributed by atoms with van der Waals surface area (Å²) in [5.41, 5.74) is 3.65. The maximum absolute atomic E-state index is 11.9. The van der Waals surface area contributed by atoms with Crippen LogP contribution in [-0.2, 0) is 17.6 Å². The van der Waals surface area contributed by atoms with Gasteiger partial charge in [0.15, 0.2) is 0 Å². The Bertz CT molecular complexity index is 396. The molecule has 0 bridgehead atoms. The van der Waals surface area contributed by atoms with Crippen molar-refractivity contribution in [3.63, 3.8) is 0 Å². The Morgan fingerprint density at radius 1 is 1.28 bits per heavy atom. The van der Waals surface area contributed by atoms with Crippen LogP contribution in [0.3, 0.4) is 0 Å². The zero-order chi connectivity index (χ0) is 13.5. The van der Waals surface area contributed by atoms with Crippen molar-refractivity contribution in [2.45, 2.75) is 53.4 Å². The molecule has 1 amide bonds. The number of rotatable bonds is 6. The largest absolute Gasteiger partial charge is 0.326 e. The van der Waals surface area contributed by atoms with Gasteiger partial charge in [-0.1, -0.05) is 46.2 Å². The van der Waals surface area contributed by atoms with Crippen LogP contribution in [0.15, 0.2) is 18.2 Å². The molecule has 0 radical (unpaired) electrons. The summed E-state index contributed by atoms with van der Waals surface area (Å²) in [6, 6.07) is 6.20. The van der Waals surface area contributed by atoms with E-state index in [0.717, 1.165) is 24.9 Å². The molecule has 0 aliphatic carbocycles. The normalized spacial score (nSPS) is 10.7. The van der Waals surface area contributed by atoms with E-state index in [9.17, 15) is 4.79 Å². The third kappa shape index (κ3) is 4.17. The zero-order valence-electron chi connectivity index (χ0n) is 12.0. The number of anilines is 1. The highest BCUT2D eigenvalue weighted by Gasteiger charge is 2.10. The zero-order valence-corrected chi connectivity index (χ0v) is 12.0. The van der Waals surface area contributed by atoms with Crippen molar-refractivity contribution in [3.05, 3.63) is 29.3 Å². The molecular formula is C16H25NO. The fraction of sp³-hybridized carbons (Fsp3) is 0.562. The third-order valence-electron chi connectivity index (χ3n) is 3.02. The number of carbonyl (C=O) groups excluding carboxylic acids is 1. The lowest BCUT2D eigenvalue weighted by Gasteiger charge is -2.15. The maximum Gasteiger partial charge on any atom is 0.224 e. The van der Waals surface area contributed by atoms with Gasteiger partial charge < -0.3 is 5.32 Å². The second kappa shape index (κ2) is 7.20. The lowest BCUT2D eigenvalue weighted by Crippen LogP contribution is -2.15. The van der Waals surface area contributed by atoms with Gasteiger partial charge in [-0.2, -0.15) is 0 Å². The lowest BCUT2D eigenvalue weighted by atomic mass is 9.99. The van der Waals surface area contributed by atoms with E-state index in [1.807, 2.05) is 12.1 Å². The lowest BCUT2D eigenvalue weighted by molar-refractivity contribution is -0.116. The predicted molar refractivity (Wildman–Crippen MR) is 77.9 cm³/mol. The summed E-state index contributed by atoms with van der Waals surface area (Å²) in [5, 5.41) is 3.06. The first kappa shape index (κ1) is 14.7. The molecule has 0 aliphatic rings. The molecule has 0 saturated heterocycles. The van der Waals surface area contributed by atoms with Crippen LogP contribution in [-0.4, -0.2) is 5.91 Å². The van der Waals surface area contributed by atoms with E-state index in [2.05, 4.69) is 39.1 Å². The fourth-order valence-electron chi connectivity index (χ4n) is 2.20. The number of hydrogen-bond donors (Lipinski definition) is 1. The summed E-state index contributed by atoms with van der Waals surface area (Å²) < 4.78 is 0. The van der Waals surface area contributed by atoms with Gasteiger partial charge >= 0.3 is 0 Å². The van der Waals surface area contributed by atoms with Gasteiger partial charge in [0.1, 0.15) is 0 Å². The van der Waals surface area contributed by atoms with Crippen LogP contribution in [0.5, 0.6) is 0 Å². The molecule has 1 rings (SSSR count). The minimum Gasteiger partial charge on any atom is -0.326 e. The molecule has 0 aromatic heterocycles. The first-order valence-electron chi connectivity index (χ1n) is 6.99. The van der Waals surface area contributed by atoms with Gasteiger partial charge in [0, 0.05) is 12.1 Å². The summed E-state index contributed by atoms with van der Waals surface area (Å²) in [4.78, 5) is 11.9. The minimum absolute atomic E-state index is 0.121. The van der Waals surface area contributed by atoms with Crippen LogP contribution < -0.4 is 5.32 Å². The molecule has 0 spiro atoms. The highest BCUT2D eigenvalue weighted by Crippen LogP contribution is 2.23. The van der Waals surface area contributed by atoms with Crippen LogP contribution in [0.4, 0.5) is 5.69 Å².